The van der Waals surface area contributed by atoms with Crippen molar-refractivity contribution in [2.45, 2.75) is 19.8 Å². The zero-order valence-corrected chi connectivity index (χ0v) is 14.3. The Morgan fingerprint density at radius 3 is 2.67 bits per heavy atom. The molecule has 0 saturated heterocycles. The molecule has 0 spiro atoms. The van der Waals surface area contributed by atoms with Gasteiger partial charge in [-0.05, 0) is 43.5 Å². The Kier molecular flexibility index (Phi) is 3.90. The van der Waals surface area contributed by atoms with E-state index in [1.54, 1.807) is 11.3 Å². The zero-order valence-electron chi connectivity index (χ0n) is 13.5. The van der Waals surface area contributed by atoms with Gasteiger partial charge >= 0.3 is 0 Å². The Morgan fingerprint density at radius 1 is 1.12 bits per heavy atom. The first-order chi connectivity index (χ1) is 11.7. The Bertz CT molecular complexity index is 883. The second-order valence-corrected chi connectivity index (χ2v) is 7.08. The lowest BCUT2D eigenvalue weighted by Crippen LogP contribution is -2.35. The summed E-state index contributed by atoms with van der Waals surface area (Å²) in [7, 11) is 0. The number of fused-ring (bicyclic) bond motifs is 1. The number of hydrogen-bond acceptors (Lipinski definition) is 3. The molecule has 0 bridgehead atoms. The lowest BCUT2D eigenvalue weighted by atomic mass is 10.0. The van der Waals surface area contributed by atoms with E-state index in [1.165, 1.54) is 5.56 Å². The Labute approximate surface area is 145 Å². The Morgan fingerprint density at radius 2 is 1.92 bits per heavy atom. The van der Waals surface area contributed by atoms with E-state index in [4.69, 9.17) is 0 Å². The summed E-state index contributed by atoms with van der Waals surface area (Å²) in [6.45, 7) is 2.78. The summed E-state index contributed by atoms with van der Waals surface area (Å²) < 4.78 is 0. The van der Waals surface area contributed by atoms with Crippen molar-refractivity contribution < 1.29 is 4.79 Å². The molecule has 0 fully saturated rings. The number of aromatic nitrogens is 1. The minimum atomic E-state index is 0.0724. The number of aryl methyl sites for hydroxylation is 2. The molecule has 1 aliphatic heterocycles. The van der Waals surface area contributed by atoms with Crippen molar-refractivity contribution in [2.75, 3.05) is 11.4 Å². The highest BCUT2D eigenvalue weighted by Crippen LogP contribution is 2.29. The number of rotatable bonds is 2. The topological polar surface area (TPSA) is 33.2 Å². The van der Waals surface area contributed by atoms with E-state index < -0.39 is 0 Å². The van der Waals surface area contributed by atoms with Crippen molar-refractivity contribution in [3.8, 4) is 11.3 Å². The lowest BCUT2D eigenvalue weighted by Gasteiger charge is -2.29. The van der Waals surface area contributed by atoms with Crippen LogP contribution in [0.4, 0.5) is 5.69 Å². The predicted octanol–water partition coefficient (Wildman–Crippen LogP) is 4.71. The highest BCUT2D eigenvalue weighted by Gasteiger charge is 2.23. The summed E-state index contributed by atoms with van der Waals surface area (Å²) in [6.07, 6.45) is 2.06. The minimum absolute atomic E-state index is 0.0724. The van der Waals surface area contributed by atoms with Crippen LogP contribution < -0.4 is 4.90 Å². The first-order valence-corrected chi connectivity index (χ1v) is 9.03. The van der Waals surface area contributed by atoms with Gasteiger partial charge in [-0.2, -0.15) is 0 Å². The Hall–Kier alpha value is -2.46. The van der Waals surface area contributed by atoms with E-state index in [2.05, 4.69) is 11.1 Å². The van der Waals surface area contributed by atoms with Crippen molar-refractivity contribution in [1.29, 1.82) is 0 Å². The monoisotopic (exact) mass is 334 g/mol. The number of amides is 1. The van der Waals surface area contributed by atoms with Crippen LogP contribution in [0.15, 0.2) is 53.9 Å². The van der Waals surface area contributed by atoms with E-state index in [1.807, 2.05) is 59.7 Å². The van der Waals surface area contributed by atoms with Gasteiger partial charge in [0.25, 0.3) is 5.91 Å². The van der Waals surface area contributed by atoms with Gasteiger partial charge in [0.15, 0.2) is 0 Å². The molecule has 1 aliphatic rings. The largest absolute Gasteiger partial charge is 0.308 e. The molecular formula is C20H18N2OS. The zero-order chi connectivity index (χ0) is 16.5. The van der Waals surface area contributed by atoms with Gasteiger partial charge in [0.2, 0.25) is 0 Å². The van der Waals surface area contributed by atoms with Gasteiger partial charge in [0, 0.05) is 28.7 Å². The summed E-state index contributed by atoms with van der Waals surface area (Å²) in [4.78, 5) is 19.3. The van der Waals surface area contributed by atoms with E-state index in [9.17, 15) is 4.79 Å². The lowest BCUT2D eigenvalue weighted by molar-refractivity contribution is 0.0985. The van der Waals surface area contributed by atoms with Gasteiger partial charge in [-0.1, -0.05) is 30.3 Å². The van der Waals surface area contributed by atoms with E-state index in [0.29, 0.717) is 0 Å². The fourth-order valence-electron chi connectivity index (χ4n) is 3.18. The summed E-state index contributed by atoms with van der Waals surface area (Å²) in [5, 5.41) is 3.10. The first-order valence-electron chi connectivity index (χ1n) is 8.15. The van der Waals surface area contributed by atoms with E-state index in [-0.39, 0.29) is 5.91 Å². The van der Waals surface area contributed by atoms with E-state index >= 15 is 0 Å². The standard InChI is InChI=1S/C20H18N2OS/c1-14-21-18(13-24-14)15-8-10-17(11-9-15)20(23)22-12-4-6-16-5-2-3-7-19(16)22/h2-3,5,7-11,13H,4,6,12H2,1H3. The quantitative estimate of drug-likeness (QED) is 0.680. The van der Waals surface area contributed by atoms with Crippen molar-refractivity contribution in [2.24, 2.45) is 0 Å². The number of nitrogens with zero attached hydrogens (tertiary/aromatic N) is 2. The van der Waals surface area contributed by atoms with Gasteiger partial charge in [-0.15, -0.1) is 11.3 Å². The van der Waals surface area contributed by atoms with Crippen LogP contribution in [0, 0.1) is 6.92 Å². The highest BCUT2D eigenvalue weighted by atomic mass is 32.1. The summed E-state index contributed by atoms with van der Waals surface area (Å²) in [5.74, 6) is 0.0724. The maximum absolute atomic E-state index is 12.9. The van der Waals surface area contributed by atoms with Gasteiger partial charge < -0.3 is 4.90 Å². The van der Waals surface area contributed by atoms with E-state index in [0.717, 1.165) is 46.9 Å². The van der Waals surface area contributed by atoms with Crippen LogP contribution in [-0.4, -0.2) is 17.4 Å². The predicted molar refractivity (Wildman–Crippen MR) is 98.7 cm³/mol. The maximum atomic E-state index is 12.9. The molecule has 0 atom stereocenters. The van der Waals surface area contributed by atoms with Crippen LogP contribution in [0.25, 0.3) is 11.3 Å². The van der Waals surface area contributed by atoms with Crippen molar-refractivity contribution >= 4 is 22.9 Å². The third kappa shape index (κ3) is 2.74. The molecule has 2 heterocycles. The van der Waals surface area contributed by atoms with Crippen LogP contribution in [0.2, 0.25) is 0 Å². The molecule has 0 aliphatic carbocycles. The molecule has 0 N–H and O–H groups in total. The van der Waals surface area contributed by atoms with Crippen molar-refractivity contribution in [3.63, 3.8) is 0 Å². The second-order valence-electron chi connectivity index (χ2n) is 6.02. The molecule has 3 nitrogen and oxygen atoms in total. The number of carbonyl (C=O) groups excluding carboxylic acids is 1. The number of carbonyl (C=O) groups is 1. The minimum Gasteiger partial charge on any atom is -0.308 e. The van der Waals surface area contributed by atoms with Crippen LogP contribution >= 0.6 is 11.3 Å². The molecule has 0 unspecified atom stereocenters. The molecule has 120 valence electrons. The third-order valence-electron chi connectivity index (χ3n) is 4.40. The first kappa shape index (κ1) is 15.1. The number of benzene rings is 2. The van der Waals surface area contributed by atoms with Gasteiger partial charge in [0.1, 0.15) is 0 Å². The molecule has 24 heavy (non-hydrogen) atoms. The molecule has 1 amide bonds. The van der Waals surface area contributed by atoms with Crippen molar-refractivity contribution in [1.82, 2.24) is 4.98 Å². The fraction of sp³-hybridized carbons (Fsp3) is 0.200. The SMILES string of the molecule is Cc1nc(-c2ccc(C(=O)N3CCCc4ccccc43)cc2)cs1. The molecular weight excluding hydrogens is 316 g/mol. The van der Waals surface area contributed by atoms with Crippen molar-refractivity contribution in [3.05, 3.63) is 70.0 Å². The molecule has 4 heteroatoms. The van der Waals surface area contributed by atoms with Crippen LogP contribution in [0.1, 0.15) is 27.3 Å². The molecule has 1 aromatic heterocycles. The molecule has 0 radical (unpaired) electrons. The van der Waals surface area contributed by atoms with Crippen LogP contribution in [-0.2, 0) is 6.42 Å². The van der Waals surface area contributed by atoms with Gasteiger partial charge in [0.05, 0.1) is 10.7 Å². The maximum Gasteiger partial charge on any atom is 0.258 e. The molecule has 3 aromatic rings. The van der Waals surface area contributed by atoms with Gasteiger partial charge in [-0.25, -0.2) is 4.98 Å². The van der Waals surface area contributed by atoms with Gasteiger partial charge in [-0.3, -0.25) is 4.79 Å². The normalized spacial score (nSPS) is 13.6. The molecule has 4 rings (SSSR count). The third-order valence-corrected chi connectivity index (χ3v) is 5.18. The number of anilines is 1. The number of para-hydroxylation sites is 1. The molecule has 2 aromatic carbocycles. The summed E-state index contributed by atoms with van der Waals surface area (Å²) in [6, 6.07) is 16.0. The molecule has 0 saturated carbocycles. The Balaban J connectivity index is 1.61. The van der Waals surface area contributed by atoms with Crippen LogP contribution in [0.3, 0.4) is 0 Å². The smallest absolute Gasteiger partial charge is 0.258 e. The number of thiazole rings is 1. The second kappa shape index (κ2) is 6.21. The fourth-order valence-corrected chi connectivity index (χ4v) is 3.80. The summed E-state index contributed by atoms with van der Waals surface area (Å²) in [5.41, 5.74) is 5.05. The average Bonchev–Trinajstić information content (AvgIpc) is 3.07. The summed E-state index contributed by atoms with van der Waals surface area (Å²) >= 11 is 1.64. The van der Waals surface area contributed by atoms with Crippen LogP contribution in [0.5, 0.6) is 0 Å². The highest BCUT2D eigenvalue weighted by molar-refractivity contribution is 7.09. The average molecular weight is 334 g/mol. The number of hydrogen-bond donors (Lipinski definition) is 0.